The summed E-state index contributed by atoms with van der Waals surface area (Å²) < 4.78 is 16.0. The number of amides is 1. The van der Waals surface area contributed by atoms with E-state index in [0.29, 0.717) is 12.8 Å². The quantitative estimate of drug-likeness (QED) is 0.743. The second-order valence-electron chi connectivity index (χ2n) is 7.20. The summed E-state index contributed by atoms with van der Waals surface area (Å²) in [4.78, 5) is 14.4. The van der Waals surface area contributed by atoms with Gasteiger partial charge >= 0.3 is 0 Å². The zero-order chi connectivity index (χ0) is 20.1. The van der Waals surface area contributed by atoms with Crippen molar-refractivity contribution in [3.8, 4) is 11.5 Å². The molecule has 2 aromatic carbocycles. The molecule has 1 fully saturated rings. The minimum absolute atomic E-state index is 0.0911. The van der Waals surface area contributed by atoms with Crippen LogP contribution in [-0.2, 0) is 16.0 Å². The number of hydrogen-bond donors (Lipinski definition) is 2. The van der Waals surface area contributed by atoms with Gasteiger partial charge in [-0.2, -0.15) is 0 Å². The van der Waals surface area contributed by atoms with Gasteiger partial charge in [-0.3, -0.25) is 4.79 Å². The molecule has 1 atom stereocenters. The first-order chi connectivity index (χ1) is 14.2. The lowest BCUT2D eigenvalue weighted by Crippen LogP contribution is -2.36. The van der Waals surface area contributed by atoms with Crippen molar-refractivity contribution in [2.45, 2.75) is 18.9 Å². The highest BCUT2D eigenvalue weighted by Crippen LogP contribution is 2.32. The van der Waals surface area contributed by atoms with Gasteiger partial charge in [-0.25, -0.2) is 0 Å². The Morgan fingerprint density at radius 2 is 1.83 bits per heavy atom. The zero-order valence-corrected chi connectivity index (χ0v) is 16.3. The Bertz CT molecular complexity index is 834. The van der Waals surface area contributed by atoms with Crippen LogP contribution in [0.3, 0.4) is 0 Å². The number of carbonyl (C=O) groups is 1. The molecule has 0 bridgehead atoms. The summed E-state index contributed by atoms with van der Waals surface area (Å²) in [5.41, 5.74) is 2.93. The number of carbonyl (C=O) groups excluding carboxylic acids is 1. The highest BCUT2D eigenvalue weighted by atomic mass is 16.7. The number of benzene rings is 2. The van der Waals surface area contributed by atoms with Gasteiger partial charge in [-0.1, -0.05) is 18.2 Å². The van der Waals surface area contributed by atoms with Crippen molar-refractivity contribution in [3.05, 3.63) is 53.6 Å². The summed E-state index contributed by atoms with van der Waals surface area (Å²) in [6.07, 6.45) is 0.220. The largest absolute Gasteiger partial charge is 0.454 e. The van der Waals surface area contributed by atoms with Crippen molar-refractivity contribution in [3.63, 3.8) is 0 Å². The number of fused-ring (bicyclic) bond motifs is 1. The van der Waals surface area contributed by atoms with Crippen molar-refractivity contribution >= 4 is 11.6 Å². The van der Waals surface area contributed by atoms with E-state index in [0.717, 1.165) is 54.6 Å². The third-order valence-electron chi connectivity index (χ3n) is 5.22. The number of rotatable bonds is 7. The van der Waals surface area contributed by atoms with Gasteiger partial charge in [-0.15, -0.1) is 0 Å². The number of anilines is 1. The van der Waals surface area contributed by atoms with Gasteiger partial charge in [0.2, 0.25) is 12.7 Å². The maximum atomic E-state index is 12.1. The lowest BCUT2D eigenvalue weighted by molar-refractivity contribution is -0.121. The minimum Gasteiger partial charge on any atom is -0.454 e. The summed E-state index contributed by atoms with van der Waals surface area (Å²) in [5, 5.41) is 13.2. The maximum Gasteiger partial charge on any atom is 0.231 e. The number of aryl methyl sites for hydroxylation is 1. The molecule has 154 valence electrons. The number of nitrogens with zero attached hydrogens (tertiary/aromatic N) is 1. The molecule has 7 heteroatoms. The van der Waals surface area contributed by atoms with Crippen LogP contribution in [0.15, 0.2) is 42.5 Å². The molecule has 29 heavy (non-hydrogen) atoms. The summed E-state index contributed by atoms with van der Waals surface area (Å²) in [6.45, 7) is 3.66. The molecule has 4 rings (SSSR count). The first-order valence-electron chi connectivity index (χ1n) is 9.95. The fourth-order valence-corrected chi connectivity index (χ4v) is 3.50. The summed E-state index contributed by atoms with van der Waals surface area (Å²) >= 11 is 0. The molecule has 2 N–H and O–H groups in total. The SMILES string of the molecule is O=C(CCc1ccc2c(c1)OCO2)NCC(O)c1ccc(N2CCOCC2)cc1. The van der Waals surface area contributed by atoms with E-state index >= 15 is 0 Å². The molecule has 1 unspecified atom stereocenters. The standard InChI is InChI=1S/C22H26N2O5/c25-19(17-3-5-18(6-4-17)24-9-11-27-12-10-24)14-23-22(26)8-2-16-1-7-20-21(13-16)29-15-28-20/h1,3-7,13,19,25H,2,8-12,14-15H2,(H,23,26). The first kappa shape index (κ1) is 19.5. The summed E-state index contributed by atoms with van der Waals surface area (Å²) in [5.74, 6) is 1.37. The predicted molar refractivity (Wildman–Crippen MR) is 108 cm³/mol. The number of aliphatic hydroxyl groups excluding tert-OH is 1. The van der Waals surface area contributed by atoms with Crippen molar-refractivity contribution in [1.29, 1.82) is 0 Å². The van der Waals surface area contributed by atoms with E-state index in [2.05, 4.69) is 10.2 Å². The fraction of sp³-hybridized carbons (Fsp3) is 0.409. The number of aliphatic hydroxyl groups is 1. The predicted octanol–water partition coefficient (Wildman–Crippen LogP) is 2.03. The Kier molecular flexibility index (Phi) is 6.17. The molecule has 1 amide bonds. The van der Waals surface area contributed by atoms with Gasteiger partial charge in [-0.05, 0) is 41.8 Å². The smallest absolute Gasteiger partial charge is 0.231 e. The Hall–Kier alpha value is -2.77. The highest BCUT2D eigenvalue weighted by Gasteiger charge is 2.15. The van der Waals surface area contributed by atoms with Crippen LogP contribution >= 0.6 is 0 Å². The van der Waals surface area contributed by atoms with Crippen LogP contribution in [0.25, 0.3) is 0 Å². The number of morpholine rings is 1. The van der Waals surface area contributed by atoms with E-state index < -0.39 is 6.10 Å². The monoisotopic (exact) mass is 398 g/mol. The van der Waals surface area contributed by atoms with Gasteiger partial charge in [0.25, 0.3) is 0 Å². The Balaban J connectivity index is 1.22. The number of ether oxygens (including phenoxy) is 3. The van der Waals surface area contributed by atoms with E-state index in [-0.39, 0.29) is 19.2 Å². The molecule has 0 aromatic heterocycles. The van der Waals surface area contributed by atoms with Crippen LogP contribution < -0.4 is 19.7 Å². The van der Waals surface area contributed by atoms with Crippen LogP contribution in [-0.4, -0.2) is 50.7 Å². The molecule has 0 radical (unpaired) electrons. The number of hydrogen-bond acceptors (Lipinski definition) is 6. The van der Waals surface area contributed by atoms with Crippen molar-refractivity contribution in [2.24, 2.45) is 0 Å². The van der Waals surface area contributed by atoms with E-state index in [1.54, 1.807) is 0 Å². The molecule has 2 aromatic rings. The van der Waals surface area contributed by atoms with Crippen LogP contribution in [0.2, 0.25) is 0 Å². The molecule has 0 aliphatic carbocycles. The lowest BCUT2D eigenvalue weighted by atomic mass is 10.1. The van der Waals surface area contributed by atoms with Gasteiger partial charge in [0.05, 0.1) is 19.3 Å². The lowest BCUT2D eigenvalue weighted by Gasteiger charge is -2.29. The molecule has 2 aliphatic rings. The summed E-state index contributed by atoms with van der Waals surface area (Å²) in [6, 6.07) is 13.5. The molecule has 7 nitrogen and oxygen atoms in total. The molecule has 1 saturated heterocycles. The van der Waals surface area contributed by atoms with E-state index in [1.807, 2.05) is 42.5 Å². The highest BCUT2D eigenvalue weighted by molar-refractivity contribution is 5.76. The third kappa shape index (κ3) is 4.99. The average molecular weight is 398 g/mol. The average Bonchev–Trinajstić information content (AvgIpc) is 3.24. The van der Waals surface area contributed by atoms with E-state index in [9.17, 15) is 9.90 Å². The number of nitrogens with one attached hydrogen (secondary N) is 1. The zero-order valence-electron chi connectivity index (χ0n) is 16.3. The maximum absolute atomic E-state index is 12.1. The second-order valence-corrected chi connectivity index (χ2v) is 7.20. The summed E-state index contributed by atoms with van der Waals surface area (Å²) in [7, 11) is 0. The van der Waals surface area contributed by atoms with E-state index in [4.69, 9.17) is 14.2 Å². The van der Waals surface area contributed by atoms with Gasteiger partial charge in [0, 0.05) is 31.7 Å². The Morgan fingerprint density at radius 1 is 1.07 bits per heavy atom. The molecule has 0 saturated carbocycles. The van der Waals surface area contributed by atoms with Crippen molar-refractivity contribution in [1.82, 2.24) is 5.32 Å². The van der Waals surface area contributed by atoms with Crippen LogP contribution in [0, 0.1) is 0 Å². The second kappa shape index (κ2) is 9.15. The van der Waals surface area contributed by atoms with Crippen LogP contribution in [0.4, 0.5) is 5.69 Å². The van der Waals surface area contributed by atoms with Gasteiger partial charge in [0.1, 0.15) is 0 Å². The minimum atomic E-state index is -0.733. The normalized spacial score (nSPS) is 16.5. The Labute approximate surface area is 170 Å². The van der Waals surface area contributed by atoms with Crippen molar-refractivity contribution in [2.75, 3.05) is 44.5 Å². The fourth-order valence-electron chi connectivity index (χ4n) is 3.50. The van der Waals surface area contributed by atoms with Gasteiger partial charge < -0.3 is 29.5 Å². The molecule has 2 aliphatic heterocycles. The third-order valence-corrected chi connectivity index (χ3v) is 5.22. The van der Waals surface area contributed by atoms with Gasteiger partial charge in [0.15, 0.2) is 11.5 Å². The Morgan fingerprint density at radius 3 is 2.62 bits per heavy atom. The van der Waals surface area contributed by atoms with Crippen molar-refractivity contribution < 1.29 is 24.1 Å². The first-order valence-corrected chi connectivity index (χ1v) is 9.95. The molecular formula is C22H26N2O5. The molecule has 2 heterocycles. The van der Waals surface area contributed by atoms with E-state index in [1.165, 1.54) is 0 Å². The topological polar surface area (TPSA) is 80.3 Å². The molecular weight excluding hydrogens is 372 g/mol. The van der Waals surface area contributed by atoms with Crippen LogP contribution in [0.5, 0.6) is 11.5 Å². The van der Waals surface area contributed by atoms with Crippen LogP contribution in [0.1, 0.15) is 23.7 Å². The molecule has 0 spiro atoms.